The van der Waals surface area contributed by atoms with E-state index in [0.717, 1.165) is 12.0 Å². The molecule has 0 bridgehead atoms. The van der Waals surface area contributed by atoms with Crippen molar-refractivity contribution in [2.24, 2.45) is 0 Å². The van der Waals surface area contributed by atoms with Crippen LogP contribution in [-0.2, 0) is 11.2 Å². The molecule has 0 unspecified atom stereocenters. The molecule has 0 radical (unpaired) electrons. The van der Waals surface area contributed by atoms with Gasteiger partial charge in [-0.2, -0.15) is 0 Å². The van der Waals surface area contributed by atoms with Gasteiger partial charge in [0.05, 0.1) is 12.1 Å². The second-order valence-electron chi connectivity index (χ2n) is 5.98. The molecule has 0 saturated carbocycles. The minimum atomic E-state index is -0.232. The topological polar surface area (TPSA) is 46.3 Å². The van der Waals surface area contributed by atoms with Gasteiger partial charge in [-0.3, -0.25) is 4.79 Å². The molecule has 1 aromatic heterocycles. The highest BCUT2D eigenvalue weighted by Crippen LogP contribution is 2.32. The van der Waals surface area contributed by atoms with Crippen LogP contribution in [0.1, 0.15) is 36.3 Å². The lowest BCUT2D eigenvalue weighted by atomic mass is 9.97. The smallest absolute Gasteiger partial charge is 0.228 e. The third-order valence-corrected chi connectivity index (χ3v) is 4.25. The number of likely N-dealkylation sites (tertiary alicyclic amines) is 1. The molecule has 1 fully saturated rings. The number of aromatic nitrogens is 1. The van der Waals surface area contributed by atoms with Gasteiger partial charge < -0.3 is 9.42 Å². The lowest BCUT2D eigenvalue weighted by molar-refractivity contribution is -0.131. The van der Waals surface area contributed by atoms with Crippen molar-refractivity contribution in [3.63, 3.8) is 0 Å². The molecule has 5 heteroatoms. The molecule has 1 amide bonds. The summed E-state index contributed by atoms with van der Waals surface area (Å²) in [7, 11) is 0. The Morgan fingerprint density at radius 3 is 2.77 bits per heavy atom. The van der Waals surface area contributed by atoms with Crippen molar-refractivity contribution in [3.8, 4) is 0 Å². The van der Waals surface area contributed by atoms with E-state index in [1.807, 2.05) is 24.0 Å². The van der Waals surface area contributed by atoms with Gasteiger partial charge in [-0.15, -0.1) is 0 Å². The number of halogens is 1. The monoisotopic (exact) mass is 302 g/mol. The Balaban J connectivity index is 1.67. The minimum Gasteiger partial charge on any atom is -0.361 e. The number of hydrogen-bond acceptors (Lipinski definition) is 3. The van der Waals surface area contributed by atoms with Crippen molar-refractivity contribution in [2.45, 2.75) is 38.6 Å². The van der Waals surface area contributed by atoms with E-state index < -0.39 is 0 Å². The first-order chi connectivity index (χ1) is 10.5. The first kappa shape index (κ1) is 14.8. The van der Waals surface area contributed by atoms with Gasteiger partial charge in [0, 0.05) is 24.6 Å². The fraction of sp³-hybridized carbons (Fsp3) is 0.412. The molecule has 1 saturated heterocycles. The molecular formula is C17H19FN2O2. The number of amides is 1. The molecule has 3 rings (SSSR count). The molecular weight excluding hydrogens is 283 g/mol. The van der Waals surface area contributed by atoms with E-state index in [2.05, 4.69) is 12.1 Å². The fourth-order valence-corrected chi connectivity index (χ4v) is 3.11. The number of rotatable bonds is 3. The number of carbonyl (C=O) groups is 1. The van der Waals surface area contributed by atoms with Crippen LogP contribution in [0.4, 0.5) is 4.39 Å². The maximum atomic E-state index is 13.0. The van der Waals surface area contributed by atoms with Crippen molar-refractivity contribution in [1.29, 1.82) is 0 Å². The molecule has 22 heavy (non-hydrogen) atoms. The van der Waals surface area contributed by atoms with E-state index in [9.17, 15) is 9.18 Å². The Bertz CT molecular complexity index is 666. The van der Waals surface area contributed by atoms with Gasteiger partial charge in [-0.1, -0.05) is 17.3 Å². The van der Waals surface area contributed by atoms with Crippen molar-refractivity contribution < 1.29 is 13.7 Å². The van der Waals surface area contributed by atoms with Crippen LogP contribution in [0.5, 0.6) is 0 Å². The number of aryl methyl sites for hydroxylation is 1. The number of benzene rings is 1. The quantitative estimate of drug-likeness (QED) is 0.875. The Morgan fingerprint density at radius 1 is 1.41 bits per heavy atom. The maximum Gasteiger partial charge on any atom is 0.228 e. The highest BCUT2D eigenvalue weighted by atomic mass is 19.1. The normalized spacial score (nSPS) is 21.3. The van der Waals surface area contributed by atoms with Gasteiger partial charge >= 0.3 is 0 Å². The molecule has 2 heterocycles. The predicted molar refractivity (Wildman–Crippen MR) is 79.9 cm³/mol. The first-order valence-electron chi connectivity index (χ1n) is 7.50. The molecule has 116 valence electrons. The molecule has 4 nitrogen and oxygen atoms in total. The summed E-state index contributed by atoms with van der Waals surface area (Å²) in [6, 6.07) is 8.53. The van der Waals surface area contributed by atoms with Crippen LogP contribution in [0.3, 0.4) is 0 Å². The summed E-state index contributed by atoms with van der Waals surface area (Å²) in [5.41, 5.74) is 1.75. The summed E-state index contributed by atoms with van der Waals surface area (Å²) in [6.45, 7) is 4.53. The summed E-state index contributed by atoms with van der Waals surface area (Å²) in [4.78, 5) is 14.3. The summed E-state index contributed by atoms with van der Waals surface area (Å²) >= 11 is 0. The standard InChI is InChI=1S/C17H19FN2O2/c1-11-7-14(13-3-5-15(18)6-4-13)10-20(11)17(21)9-16-8-12(2)22-19-16/h3-6,8,11,14H,7,9-10H2,1-2H3/t11-,14+/m0/s1. The van der Waals surface area contributed by atoms with Crippen LogP contribution in [0.25, 0.3) is 0 Å². The van der Waals surface area contributed by atoms with E-state index in [1.54, 1.807) is 6.07 Å². The maximum absolute atomic E-state index is 13.0. The van der Waals surface area contributed by atoms with E-state index in [1.165, 1.54) is 12.1 Å². The highest BCUT2D eigenvalue weighted by molar-refractivity contribution is 5.79. The van der Waals surface area contributed by atoms with E-state index in [0.29, 0.717) is 18.0 Å². The SMILES string of the molecule is Cc1cc(CC(=O)N2C[C@H](c3ccc(F)cc3)C[C@@H]2C)no1. The van der Waals surface area contributed by atoms with Gasteiger partial charge in [0.2, 0.25) is 5.91 Å². The van der Waals surface area contributed by atoms with Gasteiger partial charge in [0.25, 0.3) is 0 Å². The van der Waals surface area contributed by atoms with Gasteiger partial charge in [-0.05, 0) is 38.0 Å². The molecule has 1 aliphatic heterocycles. The number of carbonyl (C=O) groups excluding carboxylic acids is 1. The molecule has 2 atom stereocenters. The van der Waals surface area contributed by atoms with Gasteiger partial charge in [0.1, 0.15) is 11.6 Å². The molecule has 0 aliphatic carbocycles. The molecule has 1 aliphatic rings. The van der Waals surface area contributed by atoms with E-state index in [4.69, 9.17) is 4.52 Å². The second-order valence-corrected chi connectivity index (χ2v) is 5.98. The molecule has 1 aromatic carbocycles. The third kappa shape index (κ3) is 3.03. The molecule has 0 spiro atoms. The van der Waals surface area contributed by atoms with E-state index in [-0.39, 0.29) is 30.1 Å². The number of hydrogen-bond donors (Lipinski definition) is 0. The van der Waals surface area contributed by atoms with Gasteiger partial charge in [-0.25, -0.2) is 4.39 Å². The molecule has 2 aromatic rings. The Kier molecular flexibility index (Phi) is 3.96. The Labute approximate surface area is 128 Å². The highest BCUT2D eigenvalue weighted by Gasteiger charge is 2.33. The summed E-state index contributed by atoms with van der Waals surface area (Å²) in [5, 5.41) is 3.87. The summed E-state index contributed by atoms with van der Waals surface area (Å²) in [5.74, 6) is 0.801. The molecule has 0 N–H and O–H groups in total. The first-order valence-corrected chi connectivity index (χ1v) is 7.50. The van der Waals surface area contributed by atoms with Crippen LogP contribution >= 0.6 is 0 Å². The zero-order valence-corrected chi connectivity index (χ0v) is 12.8. The number of nitrogens with zero attached hydrogens (tertiary/aromatic N) is 2. The lowest BCUT2D eigenvalue weighted by Crippen LogP contribution is -2.35. The Morgan fingerprint density at radius 2 is 2.14 bits per heavy atom. The van der Waals surface area contributed by atoms with E-state index >= 15 is 0 Å². The van der Waals surface area contributed by atoms with Crippen molar-refractivity contribution in [1.82, 2.24) is 10.1 Å². The van der Waals surface area contributed by atoms with Crippen LogP contribution in [0.15, 0.2) is 34.9 Å². The third-order valence-electron chi connectivity index (χ3n) is 4.25. The Hall–Kier alpha value is -2.17. The van der Waals surface area contributed by atoms with Crippen LogP contribution in [0.2, 0.25) is 0 Å². The van der Waals surface area contributed by atoms with Crippen molar-refractivity contribution in [2.75, 3.05) is 6.54 Å². The predicted octanol–water partition coefficient (Wildman–Crippen LogP) is 3.07. The average Bonchev–Trinajstić information content (AvgIpc) is 3.06. The summed E-state index contributed by atoms with van der Waals surface area (Å²) in [6.07, 6.45) is 1.16. The van der Waals surface area contributed by atoms with Gasteiger partial charge in [0.15, 0.2) is 0 Å². The van der Waals surface area contributed by atoms with Crippen LogP contribution in [0, 0.1) is 12.7 Å². The van der Waals surface area contributed by atoms with Crippen molar-refractivity contribution >= 4 is 5.91 Å². The fourth-order valence-electron chi connectivity index (χ4n) is 3.11. The average molecular weight is 302 g/mol. The van der Waals surface area contributed by atoms with Crippen LogP contribution < -0.4 is 0 Å². The zero-order chi connectivity index (χ0) is 15.7. The second kappa shape index (κ2) is 5.91. The van der Waals surface area contributed by atoms with Crippen molar-refractivity contribution in [3.05, 3.63) is 53.2 Å². The minimum absolute atomic E-state index is 0.0606. The van der Waals surface area contributed by atoms with Crippen LogP contribution in [-0.4, -0.2) is 28.6 Å². The largest absolute Gasteiger partial charge is 0.361 e. The zero-order valence-electron chi connectivity index (χ0n) is 12.8. The summed E-state index contributed by atoms with van der Waals surface area (Å²) < 4.78 is 18.0. The lowest BCUT2D eigenvalue weighted by Gasteiger charge is -2.21.